The molecule has 0 bridgehead atoms. The minimum atomic E-state index is 0.552. The third kappa shape index (κ3) is 3.19. The number of aliphatic imine (C=N–C) groups is 1. The number of allylic oxidation sites excluding steroid dienone is 2. The van der Waals surface area contributed by atoms with Crippen molar-refractivity contribution in [3.63, 3.8) is 0 Å². The van der Waals surface area contributed by atoms with E-state index in [9.17, 15) is 0 Å². The van der Waals surface area contributed by atoms with Gasteiger partial charge in [-0.05, 0) is 43.9 Å². The molecule has 1 saturated carbocycles. The summed E-state index contributed by atoms with van der Waals surface area (Å²) in [7, 11) is 0. The fraction of sp³-hybridized carbons (Fsp3) is 0.786. The number of rotatable bonds is 3. The Bertz CT molecular complexity index is 259. The molecule has 1 aliphatic rings. The van der Waals surface area contributed by atoms with E-state index >= 15 is 0 Å². The molecule has 0 aromatic heterocycles. The van der Waals surface area contributed by atoms with Crippen LogP contribution in [0, 0.1) is 17.8 Å². The van der Waals surface area contributed by atoms with Crippen LogP contribution in [-0.2, 0) is 0 Å². The predicted molar refractivity (Wildman–Crippen MR) is 68.2 cm³/mol. The lowest BCUT2D eigenvalue weighted by molar-refractivity contribution is 0.486. The Morgan fingerprint density at radius 3 is 2.47 bits per heavy atom. The van der Waals surface area contributed by atoms with Crippen LogP contribution < -0.4 is 0 Å². The highest BCUT2D eigenvalue weighted by molar-refractivity contribution is 5.89. The summed E-state index contributed by atoms with van der Waals surface area (Å²) in [5.74, 6) is 2.03. The van der Waals surface area contributed by atoms with Crippen molar-refractivity contribution in [2.75, 3.05) is 0 Å². The van der Waals surface area contributed by atoms with Crippen LogP contribution in [-0.4, -0.2) is 5.71 Å². The molecule has 86 valence electrons. The second-order valence-electron chi connectivity index (χ2n) is 5.21. The minimum Gasteiger partial charge on any atom is -0.262 e. The van der Waals surface area contributed by atoms with Crippen LogP contribution in [0.25, 0.3) is 0 Å². The summed E-state index contributed by atoms with van der Waals surface area (Å²) in [6.07, 6.45) is 6.04. The predicted octanol–water partition coefficient (Wildman–Crippen LogP) is 4.44. The Morgan fingerprint density at radius 2 is 2.00 bits per heavy atom. The van der Waals surface area contributed by atoms with Crippen molar-refractivity contribution in [2.45, 2.75) is 53.9 Å². The molecule has 1 nitrogen and oxygen atoms in total. The second-order valence-corrected chi connectivity index (χ2v) is 5.21. The first-order valence-corrected chi connectivity index (χ1v) is 6.30. The highest BCUT2D eigenvalue weighted by atomic mass is 14.8. The zero-order valence-corrected chi connectivity index (χ0v) is 10.9. The van der Waals surface area contributed by atoms with Gasteiger partial charge in [0.25, 0.3) is 0 Å². The minimum absolute atomic E-state index is 0.552. The molecule has 15 heavy (non-hydrogen) atoms. The van der Waals surface area contributed by atoms with E-state index in [0.29, 0.717) is 5.92 Å². The summed E-state index contributed by atoms with van der Waals surface area (Å²) in [5, 5.41) is 0. The average Bonchev–Trinajstić information content (AvgIpc) is 2.61. The number of hydrogen-bond donors (Lipinski definition) is 0. The largest absolute Gasteiger partial charge is 0.262 e. The SMILES string of the molecule is C/C=C(\N=C1CCCC1C(C)C)C(C)C. The van der Waals surface area contributed by atoms with Crippen LogP contribution in [0.2, 0.25) is 0 Å². The molecule has 1 heteroatoms. The molecule has 0 aliphatic heterocycles. The van der Waals surface area contributed by atoms with Crippen molar-refractivity contribution in [3.05, 3.63) is 11.8 Å². The molecular formula is C14H25N. The van der Waals surface area contributed by atoms with Gasteiger partial charge in [0, 0.05) is 11.4 Å². The first-order valence-electron chi connectivity index (χ1n) is 6.30. The average molecular weight is 207 g/mol. The third-order valence-corrected chi connectivity index (χ3v) is 3.34. The van der Waals surface area contributed by atoms with Gasteiger partial charge in [-0.1, -0.05) is 33.8 Å². The Morgan fingerprint density at radius 1 is 1.33 bits per heavy atom. The van der Waals surface area contributed by atoms with Crippen molar-refractivity contribution in [1.29, 1.82) is 0 Å². The molecule has 1 aliphatic carbocycles. The van der Waals surface area contributed by atoms with Gasteiger partial charge in [-0.2, -0.15) is 0 Å². The first-order chi connectivity index (χ1) is 7.06. The van der Waals surface area contributed by atoms with Crippen LogP contribution in [0.1, 0.15) is 53.9 Å². The fourth-order valence-corrected chi connectivity index (χ4v) is 2.40. The topological polar surface area (TPSA) is 12.4 Å². The van der Waals surface area contributed by atoms with Gasteiger partial charge < -0.3 is 0 Å². The molecule has 0 aromatic rings. The van der Waals surface area contributed by atoms with E-state index in [2.05, 4.69) is 40.7 Å². The molecule has 0 aromatic carbocycles. The maximum Gasteiger partial charge on any atom is 0.0385 e. The van der Waals surface area contributed by atoms with Gasteiger partial charge in [-0.15, -0.1) is 0 Å². The summed E-state index contributed by atoms with van der Waals surface area (Å²) < 4.78 is 0. The van der Waals surface area contributed by atoms with Crippen LogP contribution >= 0.6 is 0 Å². The van der Waals surface area contributed by atoms with Crippen molar-refractivity contribution in [1.82, 2.24) is 0 Å². The monoisotopic (exact) mass is 207 g/mol. The van der Waals surface area contributed by atoms with Gasteiger partial charge in [0.15, 0.2) is 0 Å². The van der Waals surface area contributed by atoms with E-state index in [4.69, 9.17) is 4.99 Å². The van der Waals surface area contributed by atoms with Crippen molar-refractivity contribution in [3.8, 4) is 0 Å². The lowest BCUT2D eigenvalue weighted by atomic mass is 9.93. The molecule has 1 atom stereocenters. The molecule has 1 unspecified atom stereocenters. The second kappa shape index (κ2) is 5.48. The zero-order chi connectivity index (χ0) is 11.4. The van der Waals surface area contributed by atoms with Gasteiger partial charge in [0.2, 0.25) is 0 Å². The maximum absolute atomic E-state index is 4.87. The smallest absolute Gasteiger partial charge is 0.0385 e. The lowest BCUT2D eigenvalue weighted by Gasteiger charge is -2.16. The van der Waals surface area contributed by atoms with Crippen molar-refractivity contribution >= 4 is 5.71 Å². The highest BCUT2D eigenvalue weighted by Crippen LogP contribution is 2.30. The van der Waals surface area contributed by atoms with Crippen LogP contribution in [0.15, 0.2) is 16.8 Å². The van der Waals surface area contributed by atoms with E-state index < -0.39 is 0 Å². The van der Waals surface area contributed by atoms with Crippen molar-refractivity contribution < 1.29 is 0 Å². The summed E-state index contributed by atoms with van der Waals surface area (Å²) in [6, 6.07) is 0. The fourth-order valence-electron chi connectivity index (χ4n) is 2.40. The van der Waals surface area contributed by atoms with Crippen LogP contribution in [0.3, 0.4) is 0 Å². The summed E-state index contributed by atoms with van der Waals surface area (Å²) in [6.45, 7) is 11.2. The first kappa shape index (κ1) is 12.5. The molecule has 0 saturated heterocycles. The van der Waals surface area contributed by atoms with E-state index in [1.54, 1.807) is 0 Å². The number of hydrogen-bond acceptors (Lipinski definition) is 1. The van der Waals surface area contributed by atoms with Crippen LogP contribution in [0.5, 0.6) is 0 Å². The Kier molecular flexibility index (Phi) is 4.56. The lowest BCUT2D eigenvalue weighted by Crippen LogP contribution is -2.14. The van der Waals surface area contributed by atoms with E-state index in [0.717, 1.165) is 11.8 Å². The Balaban J connectivity index is 2.81. The molecule has 0 N–H and O–H groups in total. The molecule has 1 fully saturated rings. The van der Waals surface area contributed by atoms with E-state index in [1.807, 2.05) is 0 Å². The van der Waals surface area contributed by atoms with Gasteiger partial charge in [0.05, 0.1) is 0 Å². The molecule has 1 rings (SSSR count). The maximum atomic E-state index is 4.87. The molecular weight excluding hydrogens is 182 g/mol. The standard InChI is InChI=1S/C14H25N/c1-6-13(11(4)5)15-14-9-7-8-12(14)10(2)3/h6,10-12H,7-9H2,1-5H3/b13-6-,15-14?. The van der Waals surface area contributed by atoms with E-state index in [-0.39, 0.29) is 0 Å². The molecule has 0 radical (unpaired) electrons. The Labute approximate surface area is 94.7 Å². The van der Waals surface area contributed by atoms with Gasteiger partial charge in [-0.3, -0.25) is 4.99 Å². The van der Waals surface area contributed by atoms with Crippen LogP contribution in [0.4, 0.5) is 0 Å². The normalized spacial score (nSPS) is 25.9. The highest BCUT2D eigenvalue weighted by Gasteiger charge is 2.25. The van der Waals surface area contributed by atoms with E-state index in [1.165, 1.54) is 30.7 Å². The van der Waals surface area contributed by atoms with Gasteiger partial charge >= 0.3 is 0 Å². The van der Waals surface area contributed by atoms with Gasteiger partial charge in [-0.25, -0.2) is 0 Å². The Hall–Kier alpha value is -0.590. The van der Waals surface area contributed by atoms with Gasteiger partial charge in [0.1, 0.15) is 0 Å². The third-order valence-electron chi connectivity index (χ3n) is 3.34. The summed E-state index contributed by atoms with van der Waals surface area (Å²) in [5.41, 5.74) is 2.71. The quantitative estimate of drug-likeness (QED) is 0.648. The molecule has 0 spiro atoms. The number of nitrogens with zero attached hydrogens (tertiary/aromatic N) is 1. The summed E-state index contributed by atoms with van der Waals surface area (Å²) >= 11 is 0. The van der Waals surface area contributed by atoms with Crippen molar-refractivity contribution in [2.24, 2.45) is 22.7 Å². The molecule has 0 heterocycles. The molecule has 0 amide bonds. The zero-order valence-electron chi connectivity index (χ0n) is 10.9. The summed E-state index contributed by atoms with van der Waals surface area (Å²) in [4.78, 5) is 4.87.